The van der Waals surface area contributed by atoms with Crippen molar-refractivity contribution in [2.75, 3.05) is 10.2 Å². The fourth-order valence-electron chi connectivity index (χ4n) is 2.68. The van der Waals surface area contributed by atoms with Crippen LogP contribution in [0, 0.1) is 6.92 Å². The number of halogens is 1. The fourth-order valence-corrected chi connectivity index (χ4v) is 2.89. The monoisotopic (exact) mass is 398 g/mol. The summed E-state index contributed by atoms with van der Waals surface area (Å²) in [4.78, 5) is 38.5. The predicted octanol–water partition coefficient (Wildman–Crippen LogP) is 4.00. The SMILES string of the molecule is Cc1ccc(NC2=C(Cl)C(=O)N(c3cccc(C(=O)OC(C)C)c3)C2=O)cc1. The summed E-state index contributed by atoms with van der Waals surface area (Å²) in [5.41, 5.74) is 2.17. The zero-order valence-electron chi connectivity index (χ0n) is 15.7. The van der Waals surface area contributed by atoms with E-state index in [1.165, 1.54) is 6.07 Å². The first-order valence-corrected chi connectivity index (χ1v) is 9.09. The van der Waals surface area contributed by atoms with E-state index in [4.69, 9.17) is 16.3 Å². The lowest BCUT2D eigenvalue weighted by Gasteiger charge is -2.16. The maximum absolute atomic E-state index is 12.8. The average Bonchev–Trinajstić information content (AvgIpc) is 2.86. The highest BCUT2D eigenvalue weighted by atomic mass is 35.5. The molecule has 0 radical (unpaired) electrons. The number of amides is 2. The van der Waals surface area contributed by atoms with Crippen molar-refractivity contribution in [3.63, 3.8) is 0 Å². The van der Waals surface area contributed by atoms with Crippen LogP contribution in [0.15, 0.2) is 59.3 Å². The molecule has 0 fully saturated rings. The highest BCUT2D eigenvalue weighted by Gasteiger charge is 2.39. The van der Waals surface area contributed by atoms with E-state index < -0.39 is 17.8 Å². The van der Waals surface area contributed by atoms with E-state index in [0.29, 0.717) is 5.69 Å². The van der Waals surface area contributed by atoms with Gasteiger partial charge in [-0.1, -0.05) is 35.4 Å². The van der Waals surface area contributed by atoms with Crippen molar-refractivity contribution in [2.45, 2.75) is 26.9 Å². The van der Waals surface area contributed by atoms with Gasteiger partial charge in [-0.2, -0.15) is 0 Å². The van der Waals surface area contributed by atoms with Gasteiger partial charge >= 0.3 is 5.97 Å². The number of rotatable bonds is 5. The van der Waals surface area contributed by atoms with Crippen molar-refractivity contribution in [2.24, 2.45) is 0 Å². The number of esters is 1. The molecule has 1 aliphatic rings. The largest absolute Gasteiger partial charge is 0.459 e. The van der Waals surface area contributed by atoms with Gasteiger partial charge in [0, 0.05) is 5.69 Å². The van der Waals surface area contributed by atoms with Crippen molar-refractivity contribution < 1.29 is 19.1 Å². The molecule has 28 heavy (non-hydrogen) atoms. The number of nitrogens with zero attached hydrogens (tertiary/aromatic N) is 1. The number of carbonyl (C=O) groups excluding carboxylic acids is 3. The first-order valence-electron chi connectivity index (χ1n) is 8.71. The van der Waals surface area contributed by atoms with Crippen molar-refractivity contribution in [3.8, 4) is 0 Å². The Hall–Kier alpha value is -3.12. The maximum Gasteiger partial charge on any atom is 0.338 e. The number of nitrogens with one attached hydrogen (secondary N) is 1. The number of anilines is 2. The van der Waals surface area contributed by atoms with Gasteiger partial charge in [0.1, 0.15) is 10.7 Å². The Morgan fingerprint density at radius 1 is 1.07 bits per heavy atom. The van der Waals surface area contributed by atoms with Crippen molar-refractivity contribution in [1.82, 2.24) is 0 Å². The lowest BCUT2D eigenvalue weighted by Crippen LogP contribution is -2.32. The molecule has 1 aliphatic heterocycles. The van der Waals surface area contributed by atoms with E-state index >= 15 is 0 Å². The van der Waals surface area contributed by atoms with Gasteiger partial charge in [-0.05, 0) is 51.1 Å². The van der Waals surface area contributed by atoms with Gasteiger partial charge in [-0.25, -0.2) is 9.69 Å². The predicted molar refractivity (Wildman–Crippen MR) is 107 cm³/mol. The first kappa shape index (κ1) is 19.6. The summed E-state index contributed by atoms with van der Waals surface area (Å²) < 4.78 is 5.16. The highest BCUT2D eigenvalue weighted by Crippen LogP contribution is 2.30. The molecule has 3 rings (SSSR count). The second kappa shape index (κ2) is 7.86. The third-order valence-corrected chi connectivity index (χ3v) is 4.38. The topological polar surface area (TPSA) is 75.7 Å². The summed E-state index contributed by atoms with van der Waals surface area (Å²) >= 11 is 6.13. The Labute approximate surface area is 167 Å². The number of hydrogen-bond acceptors (Lipinski definition) is 5. The molecule has 0 spiro atoms. The first-order chi connectivity index (χ1) is 13.3. The lowest BCUT2D eigenvalue weighted by molar-refractivity contribution is -0.120. The molecule has 2 amide bonds. The second-order valence-electron chi connectivity index (χ2n) is 6.63. The van der Waals surface area contributed by atoms with E-state index in [1.54, 1.807) is 44.2 Å². The Morgan fingerprint density at radius 3 is 2.39 bits per heavy atom. The van der Waals surface area contributed by atoms with E-state index in [-0.39, 0.29) is 28.1 Å². The van der Waals surface area contributed by atoms with Crippen LogP contribution in [0.2, 0.25) is 0 Å². The molecule has 144 valence electrons. The van der Waals surface area contributed by atoms with Crippen LogP contribution in [0.4, 0.5) is 11.4 Å². The van der Waals surface area contributed by atoms with Gasteiger partial charge in [0.15, 0.2) is 0 Å². The number of aryl methyl sites for hydroxylation is 1. The minimum Gasteiger partial charge on any atom is -0.459 e. The van der Waals surface area contributed by atoms with Crippen molar-refractivity contribution in [3.05, 3.63) is 70.4 Å². The summed E-state index contributed by atoms with van der Waals surface area (Å²) in [6.07, 6.45) is -0.285. The molecule has 1 N–H and O–H groups in total. The average molecular weight is 399 g/mol. The van der Waals surface area contributed by atoms with Gasteiger partial charge in [0.05, 0.1) is 17.4 Å². The molecule has 2 aromatic carbocycles. The Kier molecular flexibility index (Phi) is 5.51. The van der Waals surface area contributed by atoms with Crippen molar-refractivity contribution in [1.29, 1.82) is 0 Å². The lowest BCUT2D eigenvalue weighted by atomic mass is 10.2. The van der Waals surface area contributed by atoms with Crippen LogP contribution in [-0.2, 0) is 14.3 Å². The summed E-state index contributed by atoms with van der Waals surface area (Å²) in [6, 6.07) is 13.4. The number of carbonyl (C=O) groups is 3. The van der Waals surface area contributed by atoms with Crippen LogP contribution in [-0.4, -0.2) is 23.9 Å². The fraction of sp³-hybridized carbons (Fsp3) is 0.190. The number of benzene rings is 2. The minimum absolute atomic E-state index is 0.00863. The molecule has 0 saturated heterocycles. The van der Waals surface area contributed by atoms with Crippen LogP contribution in [0.3, 0.4) is 0 Å². The molecule has 6 nitrogen and oxygen atoms in total. The number of imide groups is 1. The number of ether oxygens (including phenoxy) is 1. The number of hydrogen-bond donors (Lipinski definition) is 1. The molecule has 0 aromatic heterocycles. The highest BCUT2D eigenvalue weighted by molar-refractivity contribution is 6.53. The van der Waals surface area contributed by atoms with E-state index in [0.717, 1.165) is 10.5 Å². The summed E-state index contributed by atoms with van der Waals surface area (Å²) in [5.74, 6) is -1.78. The smallest absolute Gasteiger partial charge is 0.338 e. The van der Waals surface area contributed by atoms with E-state index in [9.17, 15) is 14.4 Å². The van der Waals surface area contributed by atoms with Crippen LogP contribution < -0.4 is 10.2 Å². The summed E-state index contributed by atoms with van der Waals surface area (Å²) in [5, 5.41) is 2.70. The molecule has 0 atom stereocenters. The molecule has 1 heterocycles. The molecular weight excluding hydrogens is 380 g/mol. The van der Waals surface area contributed by atoms with Crippen LogP contribution in [0.25, 0.3) is 0 Å². The third kappa shape index (κ3) is 3.92. The maximum atomic E-state index is 12.8. The molecule has 0 aliphatic carbocycles. The Morgan fingerprint density at radius 2 is 1.75 bits per heavy atom. The van der Waals surface area contributed by atoms with Gasteiger partial charge in [-0.15, -0.1) is 0 Å². The van der Waals surface area contributed by atoms with Crippen molar-refractivity contribution >= 4 is 40.8 Å². The Bertz CT molecular complexity index is 980. The van der Waals surface area contributed by atoms with Crippen LogP contribution >= 0.6 is 11.6 Å². The molecule has 0 saturated carbocycles. The molecule has 7 heteroatoms. The minimum atomic E-state index is -0.657. The van der Waals surface area contributed by atoms with E-state index in [1.807, 2.05) is 19.1 Å². The second-order valence-corrected chi connectivity index (χ2v) is 7.01. The van der Waals surface area contributed by atoms with E-state index in [2.05, 4.69) is 5.32 Å². The zero-order valence-corrected chi connectivity index (χ0v) is 16.4. The molecular formula is C21H19ClN2O4. The van der Waals surface area contributed by atoms with Crippen LogP contribution in [0.1, 0.15) is 29.8 Å². The quantitative estimate of drug-likeness (QED) is 0.608. The van der Waals surface area contributed by atoms with Gasteiger partial charge in [-0.3, -0.25) is 9.59 Å². The standard InChI is InChI=1S/C21H19ClN2O4/c1-12(2)28-21(27)14-5-4-6-16(11-14)24-19(25)17(22)18(20(24)26)23-15-9-7-13(3)8-10-15/h4-12,23H,1-3H3. The molecule has 2 aromatic rings. The summed E-state index contributed by atoms with van der Waals surface area (Å²) in [7, 11) is 0. The normalized spacial score (nSPS) is 14.1. The Balaban J connectivity index is 1.87. The van der Waals surface area contributed by atoms with Gasteiger partial charge < -0.3 is 10.1 Å². The van der Waals surface area contributed by atoms with Gasteiger partial charge in [0.25, 0.3) is 11.8 Å². The van der Waals surface area contributed by atoms with Gasteiger partial charge in [0.2, 0.25) is 0 Å². The zero-order chi connectivity index (χ0) is 20.4. The molecule has 0 unspecified atom stereocenters. The summed E-state index contributed by atoms with van der Waals surface area (Å²) in [6.45, 7) is 5.42. The third-order valence-electron chi connectivity index (χ3n) is 4.03. The van der Waals surface area contributed by atoms with Crippen LogP contribution in [0.5, 0.6) is 0 Å². The molecule has 0 bridgehead atoms.